The largest absolute Gasteiger partial charge is 0.497 e. The zero-order valence-electron chi connectivity index (χ0n) is 20.1. The lowest BCUT2D eigenvalue weighted by atomic mass is 9.88. The van der Waals surface area contributed by atoms with Gasteiger partial charge in [0.15, 0.2) is 5.92 Å². The molecule has 2 atom stereocenters. The third-order valence-electron chi connectivity index (χ3n) is 6.23. The summed E-state index contributed by atoms with van der Waals surface area (Å²) in [6.45, 7) is 4.51. The van der Waals surface area contributed by atoms with Crippen LogP contribution in [-0.2, 0) is 14.3 Å². The number of unbranched alkanes of at least 4 members (excludes halogenated alkanes) is 2. The number of aromatic nitrogens is 2. The molecule has 0 spiro atoms. The number of methoxy groups -OCH3 is 2. The molecule has 2 aromatic carbocycles. The highest BCUT2D eigenvalue weighted by atomic mass is 16.5. The van der Waals surface area contributed by atoms with Crippen molar-refractivity contribution in [1.82, 2.24) is 9.55 Å². The molecule has 0 radical (unpaired) electrons. The Morgan fingerprint density at radius 2 is 1.85 bits per heavy atom. The summed E-state index contributed by atoms with van der Waals surface area (Å²) in [6, 6.07) is 12.4. The van der Waals surface area contributed by atoms with E-state index in [4.69, 9.17) is 19.2 Å². The van der Waals surface area contributed by atoms with Gasteiger partial charge in [0.25, 0.3) is 0 Å². The fraction of sp³-hybridized carbons (Fsp3) is 0.423. The van der Waals surface area contributed by atoms with Gasteiger partial charge in [0.05, 0.1) is 37.9 Å². The Bertz CT molecular complexity index is 1190. The molecule has 3 aromatic rings. The van der Waals surface area contributed by atoms with Crippen molar-refractivity contribution < 1.29 is 23.8 Å². The Hall–Kier alpha value is -3.55. The molecule has 0 fully saturated rings. The van der Waals surface area contributed by atoms with Gasteiger partial charge >= 0.3 is 5.97 Å². The maximum Gasteiger partial charge on any atom is 0.321 e. The third kappa shape index (κ3) is 4.08. The van der Waals surface area contributed by atoms with Crippen molar-refractivity contribution in [2.45, 2.75) is 39.2 Å². The minimum Gasteiger partial charge on any atom is -0.497 e. The molecule has 2 heterocycles. The number of anilines is 1. The fourth-order valence-corrected chi connectivity index (χ4v) is 4.63. The number of amides is 1. The molecule has 0 bridgehead atoms. The smallest absolute Gasteiger partial charge is 0.321 e. The quantitative estimate of drug-likeness (QED) is 0.265. The molecular formula is C26H31N3O5. The number of hydrogen-bond acceptors (Lipinski definition) is 6. The number of imidazole rings is 1. The normalized spacial score (nSPS) is 17.5. The Labute approximate surface area is 199 Å². The average Bonchev–Trinajstić information content (AvgIpc) is 3.23. The van der Waals surface area contributed by atoms with Gasteiger partial charge in [0, 0.05) is 12.1 Å². The van der Waals surface area contributed by atoms with Crippen LogP contribution in [0.4, 0.5) is 5.95 Å². The number of para-hydroxylation sites is 2. The topological polar surface area (TPSA) is 82.9 Å². The molecular weight excluding hydrogens is 434 g/mol. The van der Waals surface area contributed by atoms with Crippen molar-refractivity contribution in [1.29, 1.82) is 0 Å². The number of carbonyl (C=O) groups excluding carboxylic acids is 2. The average molecular weight is 466 g/mol. The van der Waals surface area contributed by atoms with Gasteiger partial charge < -0.3 is 18.8 Å². The van der Waals surface area contributed by atoms with Gasteiger partial charge in [-0.15, -0.1) is 0 Å². The van der Waals surface area contributed by atoms with Crippen LogP contribution >= 0.6 is 0 Å². The SMILES string of the molecule is CCCCCN1C(=O)[C@H](C(=O)OCC)[C@H](c2cc(OC)ccc2OC)n2c1nc1ccccc12. The van der Waals surface area contributed by atoms with E-state index < -0.39 is 17.9 Å². The molecule has 0 saturated carbocycles. The first kappa shape index (κ1) is 23.6. The van der Waals surface area contributed by atoms with Gasteiger partial charge in [-0.2, -0.15) is 0 Å². The lowest BCUT2D eigenvalue weighted by Gasteiger charge is -2.38. The van der Waals surface area contributed by atoms with Crippen LogP contribution in [0.3, 0.4) is 0 Å². The molecule has 1 amide bonds. The van der Waals surface area contributed by atoms with Crippen LogP contribution in [-0.4, -0.2) is 48.8 Å². The third-order valence-corrected chi connectivity index (χ3v) is 6.23. The minimum atomic E-state index is -1.09. The molecule has 1 aliphatic rings. The summed E-state index contributed by atoms with van der Waals surface area (Å²) >= 11 is 0. The van der Waals surface area contributed by atoms with Gasteiger partial charge in [0.1, 0.15) is 11.5 Å². The predicted molar refractivity (Wildman–Crippen MR) is 129 cm³/mol. The maximum atomic E-state index is 13.9. The maximum absolute atomic E-state index is 13.9. The Morgan fingerprint density at radius 3 is 2.56 bits per heavy atom. The predicted octanol–water partition coefficient (Wildman–Crippen LogP) is 4.36. The van der Waals surface area contributed by atoms with Crippen molar-refractivity contribution in [3.8, 4) is 11.5 Å². The van der Waals surface area contributed by atoms with E-state index in [1.54, 1.807) is 38.2 Å². The van der Waals surface area contributed by atoms with Crippen molar-refractivity contribution in [2.24, 2.45) is 5.92 Å². The molecule has 34 heavy (non-hydrogen) atoms. The zero-order valence-corrected chi connectivity index (χ0v) is 20.1. The number of hydrogen-bond donors (Lipinski definition) is 0. The van der Waals surface area contributed by atoms with Gasteiger partial charge in [-0.25, -0.2) is 4.98 Å². The molecule has 4 rings (SSSR count). The van der Waals surface area contributed by atoms with Gasteiger partial charge in [0.2, 0.25) is 11.9 Å². The van der Waals surface area contributed by atoms with E-state index in [0.717, 1.165) is 30.3 Å². The molecule has 0 unspecified atom stereocenters. The monoisotopic (exact) mass is 465 g/mol. The summed E-state index contributed by atoms with van der Waals surface area (Å²) in [5, 5.41) is 0. The lowest BCUT2D eigenvalue weighted by molar-refractivity contribution is -0.153. The lowest BCUT2D eigenvalue weighted by Crippen LogP contribution is -2.50. The molecule has 180 valence electrons. The highest BCUT2D eigenvalue weighted by Gasteiger charge is 2.48. The highest BCUT2D eigenvalue weighted by molar-refractivity contribution is 6.08. The van der Waals surface area contributed by atoms with Crippen LogP contribution in [0.5, 0.6) is 11.5 Å². The first-order valence-electron chi connectivity index (χ1n) is 11.7. The molecule has 8 nitrogen and oxygen atoms in total. The summed E-state index contributed by atoms with van der Waals surface area (Å²) < 4.78 is 18.5. The van der Waals surface area contributed by atoms with Gasteiger partial charge in [-0.1, -0.05) is 31.9 Å². The van der Waals surface area contributed by atoms with E-state index in [1.165, 1.54) is 0 Å². The zero-order chi connectivity index (χ0) is 24.2. The molecule has 1 aromatic heterocycles. The minimum absolute atomic E-state index is 0.179. The first-order valence-corrected chi connectivity index (χ1v) is 11.7. The van der Waals surface area contributed by atoms with Crippen LogP contribution in [0, 0.1) is 5.92 Å². The number of benzene rings is 2. The molecule has 1 aliphatic heterocycles. The van der Waals surface area contributed by atoms with Crippen LogP contribution < -0.4 is 14.4 Å². The Kier molecular flexibility index (Phi) is 7.05. The number of esters is 1. The van der Waals surface area contributed by atoms with Crippen molar-refractivity contribution in [2.75, 3.05) is 32.3 Å². The molecule has 0 saturated heterocycles. The van der Waals surface area contributed by atoms with E-state index in [0.29, 0.717) is 29.6 Å². The van der Waals surface area contributed by atoms with Crippen molar-refractivity contribution >= 4 is 28.9 Å². The van der Waals surface area contributed by atoms with Crippen LogP contribution in [0.1, 0.15) is 44.7 Å². The van der Waals surface area contributed by atoms with Crippen LogP contribution in [0.25, 0.3) is 11.0 Å². The van der Waals surface area contributed by atoms with E-state index in [2.05, 4.69) is 6.92 Å². The van der Waals surface area contributed by atoms with Crippen molar-refractivity contribution in [3.05, 3.63) is 48.0 Å². The standard InChI is InChI=1S/C26H31N3O5/c1-5-7-10-15-28-24(30)22(25(31)34-6-2)23(18-16-17(32-3)13-14-21(18)33-4)29-20-12-9-8-11-19(20)27-26(28)29/h8-9,11-14,16,22-23H,5-7,10,15H2,1-4H3/t22-,23+/m1/s1. The second-order valence-electron chi connectivity index (χ2n) is 8.25. The van der Waals surface area contributed by atoms with E-state index in [1.807, 2.05) is 34.9 Å². The van der Waals surface area contributed by atoms with E-state index in [-0.39, 0.29) is 12.5 Å². The van der Waals surface area contributed by atoms with Gasteiger partial charge in [-0.05, 0) is 43.7 Å². The summed E-state index contributed by atoms with van der Waals surface area (Å²) in [5.74, 6) is -0.290. The summed E-state index contributed by atoms with van der Waals surface area (Å²) in [4.78, 5) is 33.7. The molecule has 0 N–H and O–H groups in total. The number of fused-ring (bicyclic) bond motifs is 3. The Morgan fingerprint density at radius 1 is 1.06 bits per heavy atom. The van der Waals surface area contributed by atoms with E-state index in [9.17, 15) is 9.59 Å². The number of ether oxygens (including phenoxy) is 3. The van der Waals surface area contributed by atoms with Gasteiger partial charge in [-0.3, -0.25) is 14.5 Å². The second-order valence-corrected chi connectivity index (χ2v) is 8.25. The molecule has 0 aliphatic carbocycles. The van der Waals surface area contributed by atoms with Crippen LogP contribution in [0.15, 0.2) is 42.5 Å². The highest BCUT2D eigenvalue weighted by Crippen LogP contribution is 2.44. The summed E-state index contributed by atoms with van der Waals surface area (Å²) in [7, 11) is 3.15. The fourth-order valence-electron chi connectivity index (χ4n) is 4.63. The Balaban J connectivity index is 2.00. The van der Waals surface area contributed by atoms with E-state index >= 15 is 0 Å². The number of carbonyl (C=O) groups is 2. The second kappa shape index (κ2) is 10.2. The molecule has 8 heteroatoms. The summed E-state index contributed by atoms with van der Waals surface area (Å²) in [6.07, 6.45) is 2.80. The number of nitrogens with zero attached hydrogens (tertiary/aromatic N) is 3. The summed E-state index contributed by atoms with van der Waals surface area (Å²) in [5.41, 5.74) is 2.24. The number of rotatable bonds is 9. The first-order chi connectivity index (χ1) is 16.5. The van der Waals surface area contributed by atoms with Crippen molar-refractivity contribution in [3.63, 3.8) is 0 Å². The van der Waals surface area contributed by atoms with Crippen LogP contribution in [0.2, 0.25) is 0 Å².